The molecule has 2 N–H and O–H groups in total. The van der Waals surface area contributed by atoms with Gasteiger partial charge in [-0.25, -0.2) is 0 Å². The van der Waals surface area contributed by atoms with Crippen molar-refractivity contribution in [3.8, 4) is 0 Å². The summed E-state index contributed by atoms with van der Waals surface area (Å²) in [4.78, 5) is 2.51. The van der Waals surface area contributed by atoms with Crippen molar-refractivity contribution in [2.24, 2.45) is 17.8 Å². The van der Waals surface area contributed by atoms with Gasteiger partial charge in [-0.1, -0.05) is 53.6 Å². The number of rotatable bonds is 9. The van der Waals surface area contributed by atoms with Gasteiger partial charge in [-0.05, 0) is 63.0 Å². The van der Waals surface area contributed by atoms with Crippen LogP contribution in [0.2, 0.25) is 0 Å². The minimum atomic E-state index is -0.498. The zero-order chi connectivity index (χ0) is 21.6. The molecule has 2 aliphatic carbocycles. The van der Waals surface area contributed by atoms with E-state index in [0.29, 0.717) is 18.3 Å². The van der Waals surface area contributed by atoms with E-state index in [4.69, 9.17) is 4.74 Å². The van der Waals surface area contributed by atoms with Crippen LogP contribution in [0.4, 0.5) is 0 Å². The lowest BCUT2D eigenvalue weighted by atomic mass is 9.88. The second-order valence-electron chi connectivity index (χ2n) is 9.79. The fourth-order valence-corrected chi connectivity index (χ4v) is 5.71. The maximum atomic E-state index is 10.6. The van der Waals surface area contributed by atoms with Gasteiger partial charge in [0.2, 0.25) is 0 Å². The molecule has 4 nitrogen and oxygen atoms in total. The Hall–Kier alpha value is -1.46. The van der Waals surface area contributed by atoms with Crippen molar-refractivity contribution in [1.82, 2.24) is 4.90 Å². The van der Waals surface area contributed by atoms with Crippen LogP contribution in [0.25, 0.3) is 0 Å². The zero-order valence-corrected chi connectivity index (χ0v) is 19.0. The van der Waals surface area contributed by atoms with Gasteiger partial charge in [0, 0.05) is 25.4 Å². The number of aliphatic hydroxyl groups excluding tert-OH is 2. The van der Waals surface area contributed by atoms with Crippen molar-refractivity contribution in [3.63, 3.8) is 0 Å². The molecule has 0 bridgehead atoms. The molecule has 0 amide bonds. The van der Waals surface area contributed by atoms with Crippen molar-refractivity contribution in [1.29, 1.82) is 0 Å². The van der Waals surface area contributed by atoms with Crippen LogP contribution in [-0.2, 0) is 11.2 Å². The number of ether oxygens (including phenoxy) is 1. The number of hydrogen-bond acceptors (Lipinski definition) is 4. The predicted molar refractivity (Wildman–Crippen MR) is 125 cm³/mol. The summed E-state index contributed by atoms with van der Waals surface area (Å²) in [7, 11) is 0. The van der Waals surface area contributed by atoms with Crippen LogP contribution in [0.15, 0.2) is 48.1 Å². The van der Waals surface area contributed by atoms with Gasteiger partial charge >= 0.3 is 0 Å². The molecule has 4 rings (SSSR count). The highest BCUT2D eigenvalue weighted by molar-refractivity contribution is 5.24. The Kier molecular flexibility index (Phi) is 8.00. The standard InChI is InChI=1S/C27H39NO3/c1-20-5-4-7-21(15-20)17-24(29)8-9-25-26-18-22(16-23(26)19-27(25)30)6-2-3-10-28-11-13-31-14-12-28/h4-5,7-9,15-16,23-27,29-30H,2-3,6,10-14,17-19H2,1H3/t23-,24+,25+,26-,27+/m0/s1. The van der Waals surface area contributed by atoms with E-state index in [1.807, 2.05) is 12.1 Å². The highest BCUT2D eigenvalue weighted by Gasteiger charge is 2.43. The number of nitrogens with zero attached hydrogens (tertiary/aromatic N) is 1. The minimum absolute atomic E-state index is 0.166. The maximum absolute atomic E-state index is 10.6. The lowest BCUT2D eigenvalue weighted by Gasteiger charge is -2.26. The minimum Gasteiger partial charge on any atom is -0.392 e. The summed E-state index contributed by atoms with van der Waals surface area (Å²) in [6.45, 7) is 7.18. The van der Waals surface area contributed by atoms with Crippen molar-refractivity contribution >= 4 is 0 Å². The Labute approximate surface area is 187 Å². The SMILES string of the molecule is Cc1cccc(C[C@H](O)C=C[C@@H]2[C@H]3CC(CCCCN4CCOCC4)=C[C@H]3C[C@H]2O)c1. The van der Waals surface area contributed by atoms with Crippen LogP contribution in [0.5, 0.6) is 0 Å². The summed E-state index contributed by atoms with van der Waals surface area (Å²) in [5, 5.41) is 21.1. The van der Waals surface area contributed by atoms with Crippen molar-refractivity contribution in [2.75, 3.05) is 32.8 Å². The average Bonchev–Trinajstić information content (AvgIpc) is 3.27. The lowest BCUT2D eigenvalue weighted by Crippen LogP contribution is -2.36. The van der Waals surface area contributed by atoms with Gasteiger partial charge < -0.3 is 14.9 Å². The van der Waals surface area contributed by atoms with Gasteiger partial charge in [0.15, 0.2) is 0 Å². The first-order valence-electron chi connectivity index (χ1n) is 12.2. The number of aliphatic hydroxyl groups is 2. The van der Waals surface area contributed by atoms with E-state index in [-0.39, 0.29) is 12.0 Å². The molecular weight excluding hydrogens is 386 g/mol. The van der Waals surface area contributed by atoms with Gasteiger partial charge in [0.1, 0.15) is 0 Å². The molecule has 1 heterocycles. The van der Waals surface area contributed by atoms with Crippen molar-refractivity contribution < 1.29 is 14.9 Å². The lowest BCUT2D eigenvalue weighted by molar-refractivity contribution is 0.0372. The summed E-state index contributed by atoms with van der Waals surface area (Å²) in [6.07, 6.45) is 12.0. The quantitative estimate of drug-likeness (QED) is 0.465. The molecule has 4 heteroatoms. The summed E-state index contributed by atoms with van der Waals surface area (Å²) < 4.78 is 5.42. The summed E-state index contributed by atoms with van der Waals surface area (Å²) in [6, 6.07) is 8.31. The van der Waals surface area contributed by atoms with Gasteiger partial charge in [0.05, 0.1) is 25.4 Å². The molecule has 0 aromatic heterocycles. The summed E-state index contributed by atoms with van der Waals surface area (Å²) in [5.74, 6) is 1.18. The maximum Gasteiger partial charge on any atom is 0.0761 e. The van der Waals surface area contributed by atoms with Gasteiger partial charge in [0.25, 0.3) is 0 Å². The Morgan fingerprint density at radius 1 is 1.23 bits per heavy atom. The Bertz CT molecular complexity index is 767. The number of allylic oxidation sites excluding steroid dienone is 2. The van der Waals surface area contributed by atoms with Crippen molar-refractivity contribution in [2.45, 2.75) is 57.7 Å². The molecule has 5 atom stereocenters. The first-order chi connectivity index (χ1) is 15.1. The van der Waals surface area contributed by atoms with E-state index in [2.05, 4.69) is 42.2 Å². The van der Waals surface area contributed by atoms with Gasteiger partial charge in [-0.2, -0.15) is 0 Å². The van der Waals surface area contributed by atoms with E-state index in [9.17, 15) is 10.2 Å². The van der Waals surface area contributed by atoms with Crippen LogP contribution in [0, 0.1) is 24.7 Å². The number of fused-ring (bicyclic) bond motifs is 1. The first kappa shape index (κ1) is 22.7. The van der Waals surface area contributed by atoms with E-state index in [1.54, 1.807) is 5.57 Å². The van der Waals surface area contributed by atoms with Crippen LogP contribution in [0.3, 0.4) is 0 Å². The molecule has 1 aromatic carbocycles. The van der Waals surface area contributed by atoms with E-state index in [0.717, 1.165) is 44.7 Å². The number of aryl methyl sites for hydroxylation is 1. The highest BCUT2D eigenvalue weighted by atomic mass is 16.5. The second-order valence-corrected chi connectivity index (χ2v) is 9.79. The largest absolute Gasteiger partial charge is 0.392 e. The Morgan fingerprint density at radius 3 is 2.87 bits per heavy atom. The third-order valence-corrected chi connectivity index (χ3v) is 7.36. The Morgan fingerprint density at radius 2 is 2.06 bits per heavy atom. The van der Waals surface area contributed by atoms with E-state index < -0.39 is 6.10 Å². The number of hydrogen-bond donors (Lipinski definition) is 2. The molecule has 1 aromatic rings. The van der Waals surface area contributed by atoms with Crippen LogP contribution in [-0.4, -0.2) is 60.2 Å². The van der Waals surface area contributed by atoms with Crippen LogP contribution in [0.1, 0.15) is 43.2 Å². The number of benzene rings is 1. The van der Waals surface area contributed by atoms with Gasteiger partial charge in [-0.3, -0.25) is 4.90 Å². The van der Waals surface area contributed by atoms with Crippen LogP contribution >= 0.6 is 0 Å². The summed E-state index contributed by atoms with van der Waals surface area (Å²) in [5.41, 5.74) is 3.96. The highest BCUT2D eigenvalue weighted by Crippen LogP contribution is 2.48. The van der Waals surface area contributed by atoms with Crippen LogP contribution < -0.4 is 0 Å². The molecular formula is C27H39NO3. The molecule has 1 saturated carbocycles. The predicted octanol–water partition coefficient (Wildman–Crippen LogP) is 3.90. The number of unbranched alkanes of at least 4 members (excludes halogenated alkanes) is 1. The smallest absolute Gasteiger partial charge is 0.0761 e. The Balaban J connectivity index is 1.22. The molecule has 3 aliphatic rings. The van der Waals surface area contributed by atoms with Crippen molar-refractivity contribution in [3.05, 3.63) is 59.2 Å². The molecule has 1 aliphatic heterocycles. The molecule has 1 saturated heterocycles. The molecule has 0 spiro atoms. The number of morpholine rings is 1. The van der Waals surface area contributed by atoms with E-state index in [1.165, 1.54) is 31.4 Å². The van der Waals surface area contributed by atoms with Gasteiger partial charge in [-0.15, -0.1) is 0 Å². The fourth-order valence-electron chi connectivity index (χ4n) is 5.71. The van der Waals surface area contributed by atoms with E-state index >= 15 is 0 Å². The second kappa shape index (κ2) is 10.9. The molecule has 170 valence electrons. The zero-order valence-electron chi connectivity index (χ0n) is 19.0. The third kappa shape index (κ3) is 6.29. The fraction of sp³-hybridized carbons (Fsp3) is 0.630. The normalized spacial score (nSPS) is 30.0. The monoisotopic (exact) mass is 425 g/mol. The third-order valence-electron chi connectivity index (χ3n) is 7.36. The molecule has 31 heavy (non-hydrogen) atoms. The molecule has 2 fully saturated rings. The molecule has 0 radical (unpaired) electrons. The first-order valence-corrected chi connectivity index (χ1v) is 12.2. The molecule has 0 unspecified atom stereocenters. The topological polar surface area (TPSA) is 52.9 Å². The summed E-state index contributed by atoms with van der Waals surface area (Å²) >= 11 is 0. The average molecular weight is 426 g/mol.